The van der Waals surface area contributed by atoms with Crippen molar-refractivity contribution in [3.8, 4) is 6.07 Å². The van der Waals surface area contributed by atoms with Crippen LogP contribution in [-0.2, 0) is 0 Å². The van der Waals surface area contributed by atoms with E-state index in [9.17, 15) is 5.11 Å². The van der Waals surface area contributed by atoms with Crippen LogP contribution >= 0.6 is 11.6 Å². The van der Waals surface area contributed by atoms with Crippen LogP contribution in [0.2, 0.25) is 5.02 Å². The van der Waals surface area contributed by atoms with Gasteiger partial charge >= 0.3 is 0 Å². The lowest BCUT2D eigenvalue weighted by molar-refractivity contribution is 0.0334. The lowest BCUT2D eigenvalue weighted by atomic mass is 9.81. The van der Waals surface area contributed by atoms with Crippen molar-refractivity contribution in [3.63, 3.8) is 0 Å². The predicted octanol–water partition coefficient (Wildman–Crippen LogP) is 2.51. The van der Waals surface area contributed by atoms with Crippen molar-refractivity contribution >= 4 is 17.4 Å². The van der Waals surface area contributed by atoms with Crippen LogP contribution in [0, 0.1) is 23.7 Å². The molecule has 0 spiro atoms. The number of piperidine rings is 1. The molecule has 1 fully saturated rings. The van der Waals surface area contributed by atoms with Crippen LogP contribution in [0.15, 0.2) is 6.07 Å². The van der Waals surface area contributed by atoms with Crippen LogP contribution in [0.5, 0.6) is 0 Å². The second kappa shape index (κ2) is 4.99. The van der Waals surface area contributed by atoms with Crippen molar-refractivity contribution in [1.82, 2.24) is 4.98 Å². The number of hydrogen-bond donors (Lipinski definition) is 1. The minimum absolute atomic E-state index is 0.189. The number of nitrogens with zero attached hydrogens (tertiary/aromatic N) is 3. The molecule has 102 valence electrons. The summed E-state index contributed by atoms with van der Waals surface area (Å²) in [7, 11) is 0. The molecule has 0 bridgehead atoms. The Morgan fingerprint density at radius 3 is 2.84 bits per heavy atom. The molecule has 0 saturated carbocycles. The van der Waals surface area contributed by atoms with Crippen LogP contribution in [-0.4, -0.2) is 29.3 Å². The first-order valence-corrected chi connectivity index (χ1v) is 6.73. The van der Waals surface area contributed by atoms with E-state index in [0.29, 0.717) is 35.1 Å². The van der Waals surface area contributed by atoms with Crippen molar-refractivity contribution in [2.75, 3.05) is 18.0 Å². The highest BCUT2D eigenvalue weighted by atomic mass is 35.5. The van der Waals surface area contributed by atoms with E-state index in [1.807, 2.05) is 20.8 Å². The van der Waals surface area contributed by atoms with Crippen molar-refractivity contribution in [2.24, 2.45) is 5.41 Å². The molecule has 1 unspecified atom stereocenters. The van der Waals surface area contributed by atoms with Gasteiger partial charge in [0.05, 0.1) is 22.4 Å². The molecule has 2 rings (SSSR count). The van der Waals surface area contributed by atoms with E-state index in [1.54, 1.807) is 6.07 Å². The first kappa shape index (κ1) is 14.1. The number of aryl methyl sites for hydroxylation is 1. The second-order valence-electron chi connectivity index (χ2n) is 5.75. The average molecular weight is 280 g/mol. The van der Waals surface area contributed by atoms with E-state index in [0.717, 1.165) is 6.54 Å². The molecule has 1 atom stereocenters. The molecule has 2 heterocycles. The van der Waals surface area contributed by atoms with Gasteiger partial charge in [-0.1, -0.05) is 25.4 Å². The zero-order valence-electron chi connectivity index (χ0n) is 11.4. The quantitative estimate of drug-likeness (QED) is 0.858. The Kier molecular flexibility index (Phi) is 3.71. The third-order valence-corrected chi connectivity index (χ3v) is 4.02. The van der Waals surface area contributed by atoms with E-state index in [1.165, 1.54) is 0 Å². The van der Waals surface area contributed by atoms with Gasteiger partial charge in [-0.2, -0.15) is 5.26 Å². The fourth-order valence-corrected chi connectivity index (χ4v) is 2.70. The minimum atomic E-state index is -0.304. The summed E-state index contributed by atoms with van der Waals surface area (Å²) < 4.78 is 0. The molecule has 19 heavy (non-hydrogen) atoms. The lowest BCUT2D eigenvalue weighted by Crippen LogP contribution is -2.49. The second-order valence-corrected chi connectivity index (χ2v) is 6.16. The van der Waals surface area contributed by atoms with Gasteiger partial charge in [0, 0.05) is 18.5 Å². The van der Waals surface area contributed by atoms with Crippen LogP contribution in [0.25, 0.3) is 0 Å². The van der Waals surface area contributed by atoms with Crippen molar-refractivity contribution in [3.05, 3.63) is 22.3 Å². The van der Waals surface area contributed by atoms with Gasteiger partial charge in [-0.25, -0.2) is 4.98 Å². The Hall–Kier alpha value is -1.31. The molecule has 4 nitrogen and oxygen atoms in total. The maximum absolute atomic E-state index is 9.98. The smallest absolute Gasteiger partial charge is 0.147 e. The van der Waals surface area contributed by atoms with E-state index in [-0.39, 0.29) is 11.5 Å². The highest BCUT2D eigenvalue weighted by molar-refractivity contribution is 6.33. The van der Waals surface area contributed by atoms with Crippen molar-refractivity contribution in [1.29, 1.82) is 5.26 Å². The molecular weight excluding hydrogens is 262 g/mol. The van der Waals surface area contributed by atoms with Gasteiger partial charge < -0.3 is 10.0 Å². The Labute approximate surface area is 118 Å². The molecular formula is C14H18ClN3O. The van der Waals surface area contributed by atoms with Gasteiger partial charge in [-0.05, 0) is 19.4 Å². The standard InChI is InChI=1S/C14H18ClN3O/c1-9-10(7-16)6-11(15)13(17-9)18-5-4-12(19)14(2,3)8-18/h6,12,19H,4-5,8H2,1-3H3. The molecule has 1 aromatic heterocycles. The fraction of sp³-hybridized carbons (Fsp3) is 0.571. The molecule has 1 aromatic rings. The number of anilines is 1. The first-order chi connectivity index (χ1) is 8.85. The van der Waals surface area contributed by atoms with E-state index in [2.05, 4.69) is 16.0 Å². The van der Waals surface area contributed by atoms with Crippen molar-refractivity contribution < 1.29 is 5.11 Å². The maximum Gasteiger partial charge on any atom is 0.147 e. The first-order valence-electron chi connectivity index (χ1n) is 6.35. The van der Waals surface area contributed by atoms with Gasteiger partial charge in [-0.3, -0.25) is 0 Å². The summed E-state index contributed by atoms with van der Waals surface area (Å²) in [6.07, 6.45) is 0.395. The highest BCUT2D eigenvalue weighted by Crippen LogP contribution is 2.34. The normalized spacial score (nSPS) is 22.1. The molecule has 1 aliphatic rings. The zero-order valence-corrected chi connectivity index (χ0v) is 12.2. The molecule has 1 aliphatic heterocycles. The molecule has 0 amide bonds. The number of hydrogen-bond acceptors (Lipinski definition) is 4. The Balaban J connectivity index is 2.33. The van der Waals surface area contributed by atoms with E-state index >= 15 is 0 Å². The summed E-state index contributed by atoms with van der Waals surface area (Å²) in [6, 6.07) is 3.75. The largest absolute Gasteiger partial charge is 0.392 e. The minimum Gasteiger partial charge on any atom is -0.392 e. The number of nitriles is 1. The van der Waals surface area contributed by atoms with E-state index < -0.39 is 0 Å². The summed E-state index contributed by atoms with van der Waals surface area (Å²) >= 11 is 6.23. The zero-order chi connectivity index (χ0) is 14.2. The van der Waals surface area contributed by atoms with Crippen LogP contribution in [0.1, 0.15) is 31.5 Å². The SMILES string of the molecule is Cc1nc(N2CCC(O)C(C)(C)C2)c(Cl)cc1C#N. The highest BCUT2D eigenvalue weighted by Gasteiger charge is 2.35. The molecule has 1 N–H and O–H groups in total. The van der Waals surface area contributed by atoms with Crippen molar-refractivity contribution in [2.45, 2.75) is 33.3 Å². The number of aliphatic hydroxyl groups is 1. The summed E-state index contributed by atoms with van der Waals surface area (Å²) in [5.74, 6) is 0.707. The predicted molar refractivity (Wildman–Crippen MR) is 75.3 cm³/mol. The number of aromatic nitrogens is 1. The average Bonchev–Trinajstić information content (AvgIpc) is 2.35. The third-order valence-electron chi connectivity index (χ3n) is 3.74. The summed E-state index contributed by atoms with van der Waals surface area (Å²) in [4.78, 5) is 6.53. The molecule has 5 heteroatoms. The topological polar surface area (TPSA) is 60.1 Å². The monoisotopic (exact) mass is 279 g/mol. The van der Waals surface area contributed by atoms with Gasteiger partial charge in [-0.15, -0.1) is 0 Å². The molecule has 1 saturated heterocycles. The van der Waals surface area contributed by atoms with E-state index in [4.69, 9.17) is 16.9 Å². The molecule has 0 aliphatic carbocycles. The summed E-state index contributed by atoms with van der Waals surface area (Å²) in [6.45, 7) is 7.31. The number of aliphatic hydroxyl groups excluding tert-OH is 1. The fourth-order valence-electron chi connectivity index (χ4n) is 2.43. The summed E-state index contributed by atoms with van der Waals surface area (Å²) in [5.41, 5.74) is 1.00. The van der Waals surface area contributed by atoms with Crippen LogP contribution in [0.4, 0.5) is 5.82 Å². The number of pyridine rings is 1. The van der Waals surface area contributed by atoms with Gasteiger partial charge in [0.25, 0.3) is 0 Å². The molecule has 0 aromatic carbocycles. The number of halogens is 1. The maximum atomic E-state index is 9.98. The van der Waals surface area contributed by atoms with Crippen LogP contribution < -0.4 is 4.90 Å². The van der Waals surface area contributed by atoms with Crippen LogP contribution in [0.3, 0.4) is 0 Å². The van der Waals surface area contributed by atoms with Gasteiger partial charge in [0.15, 0.2) is 0 Å². The summed E-state index contributed by atoms with van der Waals surface area (Å²) in [5, 5.41) is 19.4. The number of rotatable bonds is 1. The lowest BCUT2D eigenvalue weighted by Gasteiger charge is -2.42. The Morgan fingerprint density at radius 2 is 2.26 bits per heavy atom. The third kappa shape index (κ3) is 2.68. The van der Waals surface area contributed by atoms with Gasteiger partial charge in [0.2, 0.25) is 0 Å². The van der Waals surface area contributed by atoms with Gasteiger partial charge in [0.1, 0.15) is 11.9 Å². The molecule has 0 radical (unpaired) electrons. The Bertz CT molecular complexity index is 536. The Morgan fingerprint density at radius 1 is 1.58 bits per heavy atom.